The van der Waals surface area contributed by atoms with Crippen molar-refractivity contribution in [3.8, 4) is 0 Å². The summed E-state index contributed by atoms with van der Waals surface area (Å²) in [5.74, 6) is 0.00699. The fourth-order valence-electron chi connectivity index (χ4n) is 2.27. The van der Waals surface area contributed by atoms with E-state index in [1.54, 1.807) is 12.3 Å². The van der Waals surface area contributed by atoms with Crippen molar-refractivity contribution < 1.29 is 4.79 Å². The van der Waals surface area contributed by atoms with E-state index in [0.717, 1.165) is 31.6 Å². The van der Waals surface area contributed by atoms with Crippen LogP contribution in [0.25, 0.3) is 0 Å². The predicted octanol–water partition coefficient (Wildman–Crippen LogP) is 2.63. The van der Waals surface area contributed by atoms with E-state index in [1.165, 1.54) is 0 Å². The highest BCUT2D eigenvalue weighted by molar-refractivity contribution is 5.94. The monoisotopic (exact) mass is 277 g/mol. The van der Waals surface area contributed by atoms with E-state index in [2.05, 4.69) is 29.2 Å². The lowest BCUT2D eigenvalue weighted by molar-refractivity contribution is 0.0851. The van der Waals surface area contributed by atoms with Gasteiger partial charge in [0.1, 0.15) is 0 Å². The van der Waals surface area contributed by atoms with Crippen LogP contribution < -0.4 is 5.32 Å². The first-order valence-electron chi connectivity index (χ1n) is 7.42. The van der Waals surface area contributed by atoms with Crippen molar-refractivity contribution >= 4 is 5.91 Å². The number of carbonyl (C=O) groups is 1. The number of aryl methyl sites for hydroxylation is 1. The van der Waals surface area contributed by atoms with Crippen LogP contribution in [0, 0.1) is 6.92 Å². The van der Waals surface area contributed by atoms with Crippen LogP contribution in [-0.4, -0.2) is 41.5 Å². The molecule has 1 aromatic heterocycles. The van der Waals surface area contributed by atoms with E-state index in [0.29, 0.717) is 5.56 Å². The van der Waals surface area contributed by atoms with Gasteiger partial charge in [-0.05, 0) is 45.9 Å². The number of aromatic nitrogens is 1. The van der Waals surface area contributed by atoms with E-state index in [9.17, 15) is 4.79 Å². The first kappa shape index (κ1) is 16.6. The Morgan fingerprint density at radius 3 is 2.50 bits per heavy atom. The van der Waals surface area contributed by atoms with Gasteiger partial charge in [0.15, 0.2) is 0 Å². The quantitative estimate of drug-likeness (QED) is 0.904. The number of piperidine rings is 1. The van der Waals surface area contributed by atoms with Crippen LogP contribution in [0.3, 0.4) is 0 Å². The third-order valence-electron chi connectivity index (χ3n) is 3.66. The smallest absolute Gasteiger partial charge is 0.251 e. The highest BCUT2D eigenvalue weighted by Gasteiger charge is 2.30. The van der Waals surface area contributed by atoms with E-state index >= 15 is 0 Å². The van der Waals surface area contributed by atoms with E-state index in [-0.39, 0.29) is 11.4 Å². The molecule has 1 amide bonds. The van der Waals surface area contributed by atoms with Gasteiger partial charge in [-0.2, -0.15) is 0 Å². The maximum absolute atomic E-state index is 12.2. The second-order valence-corrected chi connectivity index (χ2v) is 5.50. The molecule has 1 aromatic rings. The molecule has 0 radical (unpaired) electrons. The van der Waals surface area contributed by atoms with Crippen molar-refractivity contribution in [2.75, 3.05) is 20.1 Å². The largest absolute Gasteiger partial charge is 0.347 e. The molecule has 1 saturated heterocycles. The molecule has 2 heterocycles. The second kappa shape index (κ2) is 7.39. The number of nitrogens with one attached hydrogen (secondary N) is 1. The zero-order chi connectivity index (χ0) is 15.2. The first-order valence-corrected chi connectivity index (χ1v) is 7.42. The van der Waals surface area contributed by atoms with Crippen molar-refractivity contribution in [1.29, 1.82) is 0 Å². The standard InChI is InChI=1S/C14H21N3O.C2H6/c1-11-10-12(4-7-15-11)13(18)16-14(2)5-8-17(3)9-6-14;1-2/h4,7,10H,5-6,8-9H2,1-3H3,(H,16,18);1-2H3. The summed E-state index contributed by atoms with van der Waals surface area (Å²) >= 11 is 0. The number of amides is 1. The van der Waals surface area contributed by atoms with Gasteiger partial charge in [-0.15, -0.1) is 0 Å². The lowest BCUT2D eigenvalue weighted by Crippen LogP contribution is -2.52. The highest BCUT2D eigenvalue weighted by atomic mass is 16.1. The molecule has 4 nitrogen and oxygen atoms in total. The summed E-state index contributed by atoms with van der Waals surface area (Å²) in [4.78, 5) is 18.6. The maximum atomic E-state index is 12.2. The molecule has 1 aliphatic heterocycles. The van der Waals surface area contributed by atoms with Gasteiger partial charge in [0.25, 0.3) is 5.91 Å². The van der Waals surface area contributed by atoms with Gasteiger partial charge in [0.05, 0.1) is 0 Å². The molecule has 2 rings (SSSR count). The van der Waals surface area contributed by atoms with Crippen LogP contribution in [0.15, 0.2) is 18.3 Å². The Balaban J connectivity index is 0.000000956. The number of rotatable bonds is 2. The predicted molar refractivity (Wildman–Crippen MR) is 82.9 cm³/mol. The molecule has 0 aromatic carbocycles. The Labute approximate surface area is 122 Å². The average molecular weight is 277 g/mol. The number of pyridine rings is 1. The Hall–Kier alpha value is -1.42. The minimum atomic E-state index is -0.0826. The molecular formula is C16H27N3O. The Kier molecular flexibility index (Phi) is 6.14. The Bertz CT molecular complexity index is 437. The van der Waals surface area contributed by atoms with Crippen LogP contribution in [0.5, 0.6) is 0 Å². The van der Waals surface area contributed by atoms with Gasteiger partial charge in [-0.1, -0.05) is 13.8 Å². The molecule has 4 heteroatoms. The number of nitrogens with zero attached hydrogens (tertiary/aromatic N) is 2. The third-order valence-corrected chi connectivity index (χ3v) is 3.66. The molecule has 20 heavy (non-hydrogen) atoms. The number of carbonyl (C=O) groups excluding carboxylic acids is 1. The van der Waals surface area contributed by atoms with Crippen LogP contribution in [-0.2, 0) is 0 Å². The Morgan fingerprint density at radius 2 is 1.95 bits per heavy atom. The fraction of sp³-hybridized carbons (Fsp3) is 0.625. The molecule has 1 fully saturated rings. The topological polar surface area (TPSA) is 45.2 Å². The summed E-state index contributed by atoms with van der Waals surface area (Å²) in [6.07, 6.45) is 3.68. The molecule has 0 saturated carbocycles. The zero-order valence-corrected chi connectivity index (χ0v) is 13.4. The first-order chi connectivity index (χ1) is 9.48. The summed E-state index contributed by atoms with van der Waals surface area (Å²) in [5, 5.41) is 3.17. The zero-order valence-electron chi connectivity index (χ0n) is 13.4. The van der Waals surface area contributed by atoms with Crippen molar-refractivity contribution in [3.05, 3.63) is 29.6 Å². The lowest BCUT2D eigenvalue weighted by Gasteiger charge is -2.38. The molecule has 112 valence electrons. The summed E-state index contributed by atoms with van der Waals surface area (Å²) in [6, 6.07) is 3.59. The molecule has 0 spiro atoms. The number of hydrogen-bond donors (Lipinski definition) is 1. The minimum Gasteiger partial charge on any atom is -0.347 e. The van der Waals surface area contributed by atoms with Crippen molar-refractivity contribution in [3.63, 3.8) is 0 Å². The van der Waals surface area contributed by atoms with Gasteiger partial charge in [0.2, 0.25) is 0 Å². The molecule has 0 unspecified atom stereocenters. The maximum Gasteiger partial charge on any atom is 0.251 e. The van der Waals surface area contributed by atoms with Gasteiger partial charge in [0, 0.05) is 36.1 Å². The van der Waals surface area contributed by atoms with E-state index in [1.807, 2.05) is 26.8 Å². The molecular weight excluding hydrogens is 250 g/mol. The van der Waals surface area contributed by atoms with Gasteiger partial charge < -0.3 is 10.2 Å². The lowest BCUT2D eigenvalue weighted by atomic mass is 9.89. The summed E-state index contributed by atoms with van der Waals surface area (Å²) in [5.41, 5.74) is 1.49. The van der Waals surface area contributed by atoms with Gasteiger partial charge >= 0.3 is 0 Å². The summed E-state index contributed by atoms with van der Waals surface area (Å²) in [7, 11) is 2.12. The number of hydrogen-bond acceptors (Lipinski definition) is 3. The second-order valence-electron chi connectivity index (χ2n) is 5.50. The third kappa shape index (κ3) is 4.60. The molecule has 0 atom stereocenters. The van der Waals surface area contributed by atoms with E-state index in [4.69, 9.17) is 0 Å². The van der Waals surface area contributed by atoms with Crippen LogP contribution in [0.2, 0.25) is 0 Å². The van der Waals surface area contributed by atoms with Crippen molar-refractivity contribution in [2.24, 2.45) is 0 Å². The van der Waals surface area contributed by atoms with Gasteiger partial charge in [-0.25, -0.2) is 0 Å². The molecule has 0 bridgehead atoms. The van der Waals surface area contributed by atoms with Crippen molar-refractivity contribution in [2.45, 2.75) is 46.1 Å². The minimum absolute atomic E-state index is 0.00699. The fourth-order valence-corrected chi connectivity index (χ4v) is 2.27. The van der Waals surface area contributed by atoms with Gasteiger partial charge in [-0.3, -0.25) is 9.78 Å². The Morgan fingerprint density at radius 1 is 1.35 bits per heavy atom. The van der Waals surface area contributed by atoms with Crippen LogP contribution in [0.4, 0.5) is 0 Å². The number of likely N-dealkylation sites (tertiary alicyclic amines) is 1. The van der Waals surface area contributed by atoms with Crippen LogP contribution in [0.1, 0.15) is 49.7 Å². The molecule has 1 aliphatic rings. The van der Waals surface area contributed by atoms with Crippen molar-refractivity contribution in [1.82, 2.24) is 15.2 Å². The summed E-state index contributed by atoms with van der Waals surface area (Å²) < 4.78 is 0. The van der Waals surface area contributed by atoms with E-state index < -0.39 is 0 Å². The van der Waals surface area contributed by atoms with Crippen LogP contribution >= 0.6 is 0 Å². The molecule has 1 N–H and O–H groups in total. The molecule has 0 aliphatic carbocycles. The average Bonchev–Trinajstić information content (AvgIpc) is 2.45. The summed E-state index contributed by atoms with van der Waals surface area (Å²) in [6.45, 7) is 10.1. The SMILES string of the molecule is CC.Cc1cc(C(=O)NC2(C)CCN(C)CC2)ccn1. The normalized spacial score (nSPS) is 17.9. The highest BCUT2D eigenvalue weighted by Crippen LogP contribution is 2.21.